The highest BCUT2D eigenvalue weighted by atomic mass is 32.2. The van der Waals surface area contributed by atoms with Gasteiger partial charge in [0.15, 0.2) is 0 Å². The van der Waals surface area contributed by atoms with Crippen LogP contribution in [-0.4, -0.2) is 90.5 Å². The van der Waals surface area contributed by atoms with Gasteiger partial charge in [-0.2, -0.15) is 0 Å². The summed E-state index contributed by atoms with van der Waals surface area (Å²) in [6, 6.07) is 9.96. The van der Waals surface area contributed by atoms with Gasteiger partial charge in [0, 0.05) is 50.4 Å². The summed E-state index contributed by atoms with van der Waals surface area (Å²) in [5, 5.41) is 0.719. The Morgan fingerprint density at radius 2 is 1.72 bits per heavy atom. The summed E-state index contributed by atoms with van der Waals surface area (Å²) in [5.41, 5.74) is 2.96. The van der Waals surface area contributed by atoms with Gasteiger partial charge >= 0.3 is 0 Å². The normalized spacial score (nSPS) is 17.4. The quantitative estimate of drug-likeness (QED) is 0.692. The zero-order valence-electron chi connectivity index (χ0n) is 18.7. The molecule has 2 aromatic rings. The van der Waals surface area contributed by atoms with E-state index in [1.165, 1.54) is 17.3 Å². The summed E-state index contributed by atoms with van der Waals surface area (Å²) < 4.78 is 5.35. The zero-order chi connectivity index (χ0) is 22.5. The summed E-state index contributed by atoms with van der Waals surface area (Å²) >= 11 is 1.53. The van der Waals surface area contributed by atoms with Crippen molar-refractivity contribution in [3.63, 3.8) is 0 Å². The number of rotatable bonds is 5. The van der Waals surface area contributed by atoms with Gasteiger partial charge in [-0.25, -0.2) is 4.98 Å². The fraction of sp³-hybridized carbons (Fsp3) is 0.458. The summed E-state index contributed by atoms with van der Waals surface area (Å²) in [5.74, 6) is 0.109. The Morgan fingerprint density at radius 3 is 2.47 bits per heavy atom. The van der Waals surface area contributed by atoms with Crippen LogP contribution in [0, 0.1) is 13.8 Å². The molecule has 2 saturated heterocycles. The number of amides is 2. The first kappa shape index (κ1) is 22.8. The molecule has 2 fully saturated rings. The van der Waals surface area contributed by atoms with E-state index < -0.39 is 0 Å². The lowest BCUT2D eigenvalue weighted by atomic mass is 10.2. The van der Waals surface area contributed by atoms with Crippen LogP contribution in [0.4, 0.5) is 0 Å². The highest BCUT2D eigenvalue weighted by molar-refractivity contribution is 7.99. The third-order valence-electron chi connectivity index (χ3n) is 5.93. The van der Waals surface area contributed by atoms with Crippen molar-refractivity contribution in [2.75, 3.05) is 59.0 Å². The van der Waals surface area contributed by atoms with E-state index in [0.29, 0.717) is 51.5 Å². The molecule has 0 N–H and O–H groups in total. The van der Waals surface area contributed by atoms with Crippen molar-refractivity contribution in [3.05, 3.63) is 53.2 Å². The molecule has 1 aromatic heterocycles. The molecule has 2 aliphatic rings. The smallest absolute Gasteiger partial charge is 0.256 e. The summed E-state index contributed by atoms with van der Waals surface area (Å²) in [6.45, 7) is 9.73. The number of nitrogens with zero attached hydrogens (tertiary/aromatic N) is 4. The second-order valence-corrected chi connectivity index (χ2v) is 9.32. The molecular formula is C24H30N4O3S. The standard InChI is InChI=1S/C24H30N4O3S/c1-18-5-6-19(2)21(16-18)32-23-20(4-3-7-25-23)24(30)28-10-8-27(9-11-28)22(29)17-26-12-14-31-15-13-26/h3-7,16H,8-15,17H2,1-2H3. The maximum atomic E-state index is 13.3. The molecule has 0 aliphatic carbocycles. The molecule has 0 unspecified atom stereocenters. The summed E-state index contributed by atoms with van der Waals surface area (Å²) in [4.78, 5) is 37.4. The number of carbonyl (C=O) groups excluding carboxylic acids is 2. The van der Waals surface area contributed by atoms with Crippen LogP contribution >= 0.6 is 11.8 Å². The highest BCUT2D eigenvalue weighted by Crippen LogP contribution is 2.32. The number of piperazine rings is 1. The topological polar surface area (TPSA) is 66.0 Å². The second-order valence-electron chi connectivity index (χ2n) is 8.29. The predicted molar refractivity (Wildman–Crippen MR) is 124 cm³/mol. The fourth-order valence-electron chi connectivity index (χ4n) is 3.94. The molecule has 170 valence electrons. The van der Waals surface area contributed by atoms with Crippen LogP contribution in [0.15, 0.2) is 46.5 Å². The van der Waals surface area contributed by atoms with Crippen LogP contribution in [0.2, 0.25) is 0 Å². The number of aromatic nitrogens is 1. The van der Waals surface area contributed by atoms with E-state index in [0.717, 1.165) is 28.6 Å². The molecule has 4 rings (SSSR count). The Hall–Kier alpha value is -2.42. The van der Waals surface area contributed by atoms with E-state index in [9.17, 15) is 9.59 Å². The minimum atomic E-state index is -0.0221. The fourth-order valence-corrected chi connectivity index (χ4v) is 5.00. The van der Waals surface area contributed by atoms with Crippen LogP contribution in [0.5, 0.6) is 0 Å². The average molecular weight is 455 g/mol. The van der Waals surface area contributed by atoms with Crippen molar-refractivity contribution in [2.45, 2.75) is 23.8 Å². The Bertz CT molecular complexity index is 969. The lowest BCUT2D eigenvalue weighted by Gasteiger charge is -2.36. The molecule has 3 heterocycles. The molecule has 8 heteroatoms. The van der Waals surface area contributed by atoms with Crippen molar-refractivity contribution in [1.29, 1.82) is 0 Å². The van der Waals surface area contributed by atoms with Gasteiger partial charge in [0.25, 0.3) is 5.91 Å². The molecule has 0 atom stereocenters. The molecule has 0 bridgehead atoms. The number of morpholine rings is 1. The van der Waals surface area contributed by atoms with Gasteiger partial charge in [0.2, 0.25) is 5.91 Å². The van der Waals surface area contributed by atoms with Crippen LogP contribution in [0.3, 0.4) is 0 Å². The Balaban J connectivity index is 1.38. The second kappa shape index (κ2) is 10.5. The van der Waals surface area contributed by atoms with Crippen LogP contribution in [0.1, 0.15) is 21.5 Å². The third-order valence-corrected chi connectivity index (χ3v) is 7.11. The van der Waals surface area contributed by atoms with Crippen molar-refractivity contribution in [1.82, 2.24) is 19.7 Å². The van der Waals surface area contributed by atoms with E-state index in [-0.39, 0.29) is 11.8 Å². The van der Waals surface area contributed by atoms with E-state index in [1.807, 2.05) is 21.9 Å². The van der Waals surface area contributed by atoms with Gasteiger partial charge in [-0.3, -0.25) is 14.5 Å². The van der Waals surface area contributed by atoms with Crippen molar-refractivity contribution >= 4 is 23.6 Å². The van der Waals surface area contributed by atoms with Gasteiger partial charge in [-0.05, 0) is 43.2 Å². The zero-order valence-corrected chi connectivity index (χ0v) is 19.6. The minimum Gasteiger partial charge on any atom is -0.379 e. The van der Waals surface area contributed by atoms with Crippen LogP contribution in [-0.2, 0) is 9.53 Å². The number of benzene rings is 1. The van der Waals surface area contributed by atoms with Crippen molar-refractivity contribution in [2.24, 2.45) is 0 Å². The molecule has 0 spiro atoms. The average Bonchev–Trinajstić information content (AvgIpc) is 2.82. The Kier molecular flexibility index (Phi) is 7.44. The maximum absolute atomic E-state index is 13.3. The van der Waals surface area contributed by atoms with E-state index in [1.54, 1.807) is 6.20 Å². The van der Waals surface area contributed by atoms with E-state index in [4.69, 9.17) is 4.74 Å². The number of aryl methyl sites for hydroxylation is 2. The summed E-state index contributed by atoms with van der Waals surface area (Å²) in [6.07, 6.45) is 1.73. The van der Waals surface area contributed by atoms with Gasteiger partial charge in [0.05, 0.1) is 25.3 Å². The predicted octanol–water partition coefficient (Wildman–Crippen LogP) is 2.47. The monoisotopic (exact) mass is 454 g/mol. The van der Waals surface area contributed by atoms with E-state index >= 15 is 0 Å². The molecule has 32 heavy (non-hydrogen) atoms. The number of pyridine rings is 1. The lowest BCUT2D eigenvalue weighted by molar-refractivity contribution is -0.134. The molecule has 2 amide bonds. The largest absolute Gasteiger partial charge is 0.379 e. The van der Waals surface area contributed by atoms with Crippen LogP contribution in [0.25, 0.3) is 0 Å². The van der Waals surface area contributed by atoms with Gasteiger partial charge in [-0.15, -0.1) is 0 Å². The highest BCUT2D eigenvalue weighted by Gasteiger charge is 2.27. The molecule has 7 nitrogen and oxygen atoms in total. The van der Waals surface area contributed by atoms with Crippen LogP contribution < -0.4 is 0 Å². The third kappa shape index (κ3) is 5.49. The molecule has 0 saturated carbocycles. The minimum absolute atomic E-state index is 0.0221. The van der Waals surface area contributed by atoms with Gasteiger partial charge < -0.3 is 14.5 Å². The Morgan fingerprint density at radius 1 is 1.00 bits per heavy atom. The molecular weight excluding hydrogens is 424 g/mol. The Labute approximate surface area is 193 Å². The number of carbonyl (C=O) groups is 2. The van der Waals surface area contributed by atoms with Gasteiger partial charge in [-0.1, -0.05) is 23.9 Å². The molecule has 1 aromatic carbocycles. The number of ether oxygens (including phenoxy) is 1. The first-order chi connectivity index (χ1) is 15.5. The number of hydrogen-bond acceptors (Lipinski definition) is 6. The SMILES string of the molecule is Cc1ccc(C)c(Sc2ncccc2C(=O)N2CCN(C(=O)CN3CCOCC3)CC2)c1. The summed E-state index contributed by atoms with van der Waals surface area (Å²) in [7, 11) is 0. The van der Waals surface area contributed by atoms with Crippen molar-refractivity contribution < 1.29 is 14.3 Å². The van der Waals surface area contributed by atoms with Crippen molar-refractivity contribution in [3.8, 4) is 0 Å². The lowest BCUT2D eigenvalue weighted by Crippen LogP contribution is -2.53. The molecule has 2 aliphatic heterocycles. The maximum Gasteiger partial charge on any atom is 0.256 e. The van der Waals surface area contributed by atoms with Gasteiger partial charge in [0.1, 0.15) is 5.03 Å². The molecule has 0 radical (unpaired) electrons. The first-order valence-corrected chi connectivity index (χ1v) is 11.9. The number of hydrogen-bond donors (Lipinski definition) is 0. The van der Waals surface area contributed by atoms with E-state index in [2.05, 4.69) is 41.9 Å². The first-order valence-electron chi connectivity index (χ1n) is 11.1.